The van der Waals surface area contributed by atoms with E-state index < -0.39 is 204 Å². The first-order valence-electron chi connectivity index (χ1n) is 27.0. The maximum absolute atomic E-state index is 13.3. The molecular formula is C52H72N2O32S3. The summed E-state index contributed by atoms with van der Waals surface area (Å²) in [5.74, 6) is -18.3. The van der Waals surface area contributed by atoms with Crippen molar-refractivity contribution in [3.05, 3.63) is 20.1 Å². The second-order valence-corrected chi connectivity index (χ2v) is 25.2. The Morgan fingerprint density at radius 1 is 0.449 bits per heavy atom. The molecule has 2 heterocycles. The van der Waals surface area contributed by atoms with Gasteiger partial charge in [-0.25, -0.2) is 83.9 Å². The monoisotopic (exact) mass is 1330 g/mol. The van der Waals surface area contributed by atoms with Crippen LogP contribution in [0.5, 0.6) is 0 Å². The summed E-state index contributed by atoms with van der Waals surface area (Å²) in [5, 5.41) is 11.4. The van der Waals surface area contributed by atoms with Crippen LogP contribution in [0.15, 0.2) is 20.1 Å². The maximum atomic E-state index is 13.3. The summed E-state index contributed by atoms with van der Waals surface area (Å²) in [6.45, 7) is 17.9. The lowest BCUT2D eigenvalue weighted by Gasteiger charge is -2.23. The van der Waals surface area contributed by atoms with E-state index in [2.05, 4.69) is 10.1 Å². The van der Waals surface area contributed by atoms with Crippen molar-refractivity contribution < 1.29 is 151 Å². The zero-order chi connectivity index (χ0) is 68.5. The normalized spacial score (nSPS) is 19.8. The summed E-state index contributed by atoms with van der Waals surface area (Å²) in [6.07, 6.45) is -22.7. The van der Waals surface area contributed by atoms with E-state index in [1.54, 1.807) is 11.6 Å². The Hall–Kier alpha value is -7.77. The molecule has 0 unspecified atom stereocenters. The van der Waals surface area contributed by atoms with Crippen molar-refractivity contribution in [2.75, 3.05) is 6.54 Å². The second kappa shape index (κ2) is 33.7. The molecule has 16 atom stereocenters. The molecule has 3 N–H and O–H groups in total. The standard InChI is InChI=1S/C52H72N2O32S3/c1-17-53-36-19-37(87-52-35(36)18-20(2)88(52,70)71)89(72,73)54-38(56)22(4)74-40(58)24(6)76-42(60)26(8)78-44(62)28(10)80-46(64)30(12)82-48(66)32(14)84-50(68)34(16)86-51(69)33(15)85-49(67)31(13)83-47(65)29(11)81-45(63)27(9)79-43(61)25(7)77-41(59)23(5)75-39(57)21(3)55/h19-34,36,53,55H,17-18H2,1-16H3,(H,54,56)/t20-,21-,22-,23-,24-,25-,26-,27-,28-,29-,30-,31-,32-,33-,34-,36-/m0/s1. The number of aliphatic hydroxyl groups excluding tert-OH is 1. The SMILES string of the molecule is CCN[C@H]1C=C(S(=O)(=O)NC(=O)[C@H](C)OC(=O)[C@H](C)OC(=O)[C@H](C)OC(=O)[C@H](C)OC(=O)[C@H](C)OC(=O)[C@H](C)OC(=O)[C@H](C)OC(=O)[C@H](C)OC(=O)[C@H](C)OC(=O)[C@H](C)OC(=O)[C@H](C)OC(=O)[C@H](C)OC(=O)[C@H](C)OC(=O)[C@H](C)O)SC2=C1C[C@H](C)S2(=O)=O. The number of amides is 1. The maximum Gasteiger partial charge on any atom is 0.347 e. The van der Waals surface area contributed by atoms with Crippen LogP contribution in [0, 0.1) is 0 Å². The van der Waals surface area contributed by atoms with Gasteiger partial charge in [-0.1, -0.05) is 18.7 Å². The van der Waals surface area contributed by atoms with Crippen LogP contribution in [0.1, 0.15) is 117 Å². The predicted molar refractivity (Wildman–Crippen MR) is 294 cm³/mol. The number of likely N-dealkylation sites (N-methyl/N-ethyl adjacent to an activating group) is 1. The quantitative estimate of drug-likeness (QED) is 0.0548. The number of sulfone groups is 1. The number of esters is 13. The van der Waals surface area contributed by atoms with E-state index in [0.717, 1.165) is 96.9 Å². The Bertz CT molecular complexity index is 3030. The minimum Gasteiger partial charge on any atom is -0.450 e. The summed E-state index contributed by atoms with van der Waals surface area (Å²) in [7, 11) is -8.55. The zero-order valence-corrected chi connectivity index (χ0v) is 53.5. The highest BCUT2D eigenvalue weighted by Crippen LogP contribution is 2.48. The van der Waals surface area contributed by atoms with Gasteiger partial charge in [0.05, 0.1) is 11.3 Å². The Kier molecular flexibility index (Phi) is 29.3. The van der Waals surface area contributed by atoms with Gasteiger partial charge in [-0.15, -0.1) is 0 Å². The topological polar surface area (TPSA) is 472 Å². The average molecular weight is 1330 g/mol. The molecule has 2 rings (SSSR count). The highest BCUT2D eigenvalue weighted by atomic mass is 32.3. The molecule has 500 valence electrons. The largest absolute Gasteiger partial charge is 0.450 e. The minimum atomic E-state index is -4.70. The summed E-state index contributed by atoms with van der Waals surface area (Å²) in [5.41, 5.74) is 0.485. The highest BCUT2D eigenvalue weighted by molar-refractivity contribution is 8.28. The van der Waals surface area contributed by atoms with Crippen LogP contribution in [-0.2, 0) is 149 Å². The average Bonchev–Trinajstić information content (AvgIpc) is 2.12. The molecule has 1 amide bonds. The Morgan fingerprint density at radius 2 is 0.674 bits per heavy atom. The number of rotatable bonds is 31. The number of carbonyl (C=O) groups excluding carboxylic acids is 14. The number of ether oxygens (including phenoxy) is 13. The third-order valence-corrected chi connectivity index (χ3v) is 17.6. The van der Waals surface area contributed by atoms with Gasteiger partial charge in [0.2, 0.25) is 0 Å². The molecular weight excluding hydrogens is 1260 g/mol. The van der Waals surface area contributed by atoms with E-state index in [4.69, 9.17) is 56.8 Å². The van der Waals surface area contributed by atoms with Crippen molar-refractivity contribution in [3.63, 3.8) is 0 Å². The van der Waals surface area contributed by atoms with Crippen LogP contribution in [0.2, 0.25) is 0 Å². The molecule has 89 heavy (non-hydrogen) atoms. The molecule has 0 aromatic heterocycles. The Balaban J connectivity index is 1.79. The van der Waals surface area contributed by atoms with Crippen molar-refractivity contribution in [3.8, 4) is 0 Å². The third-order valence-electron chi connectivity index (χ3n) is 11.9. The van der Waals surface area contributed by atoms with Crippen LogP contribution < -0.4 is 10.0 Å². The van der Waals surface area contributed by atoms with Crippen LogP contribution in [0.4, 0.5) is 0 Å². The zero-order valence-electron chi connectivity index (χ0n) is 51.1. The molecule has 0 aliphatic carbocycles. The van der Waals surface area contributed by atoms with Crippen molar-refractivity contribution in [2.24, 2.45) is 0 Å². The lowest BCUT2D eigenvalue weighted by molar-refractivity contribution is -0.190. The van der Waals surface area contributed by atoms with Gasteiger partial charge < -0.3 is 72.0 Å². The van der Waals surface area contributed by atoms with Gasteiger partial charge in [0.1, 0.15) is 14.6 Å². The number of hydrogen-bond donors (Lipinski definition) is 3. The summed E-state index contributed by atoms with van der Waals surface area (Å²) in [4.78, 5) is 176. The van der Waals surface area contributed by atoms with E-state index in [0.29, 0.717) is 23.9 Å². The van der Waals surface area contributed by atoms with Crippen LogP contribution in [-0.4, -0.2) is 209 Å². The first-order valence-corrected chi connectivity index (χ1v) is 30.8. The predicted octanol–water partition coefficient (Wildman–Crippen LogP) is -1.09. The lowest BCUT2D eigenvalue weighted by Crippen LogP contribution is -2.42. The van der Waals surface area contributed by atoms with Crippen molar-refractivity contribution in [1.29, 1.82) is 0 Å². The van der Waals surface area contributed by atoms with Gasteiger partial charge in [-0.3, -0.25) is 4.79 Å². The molecule has 0 radical (unpaired) electrons. The third kappa shape index (κ3) is 23.0. The van der Waals surface area contributed by atoms with E-state index in [-0.39, 0.29) is 10.7 Å². The summed E-state index contributed by atoms with van der Waals surface area (Å²) < 4.78 is 117. The molecule has 0 fully saturated rings. The van der Waals surface area contributed by atoms with Crippen LogP contribution in [0.3, 0.4) is 0 Å². The first kappa shape index (κ1) is 77.3. The van der Waals surface area contributed by atoms with E-state index in [1.165, 1.54) is 13.0 Å². The highest BCUT2D eigenvalue weighted by Gasteiger charge is 2.45. The van der Waals surface area contributed by atoms with Crippen molar-refractivity contribution in [1.82, 2.24) is 10.0 Å². The number of aliphatic hydroxyl groups is 1. The molecule has 0 saturated carbocycles. The fraction of sp³-hybridized carbons (Fsp3) is 0.654. The van der Waals surface area contributed by atoms with Crippen molar-refractivity contribution >= 4 is 115 Å². The van der Waals surface area contributed by atoms with E-state index in [1.807, 2.05) is 0 Å². The molecule has 37 heteroatoms. The van der Waals surface area contributed by atoms with E-state index >= 15 is 0 Å². The molecule has 0 spiro atoms. The number of nitrogens with one attached hydrogen (secondary N) is 2. The van der Waals surface area contributed by atoms with Crippen LogP contribution in [0.25, 0.3) is 0 Å². The van der Waals surface area contributed by atoms with Gasteiger partial charge in [-0.05, 0) is 128 Å². The number of carbonyl (C=O) groups is 14. The molecule has 0 bridgehead atoms. The number of hydrogen-bond acceptors (Lipinski definition) is 34. The summed E-state index contributed by atoms with van der Waals surface area (Å²) in [6, 6.07) is -0.762. The molecule has 0 aromatic rings. The first-order chi connectivity index (χ1) is 41.0. The molecule has 0 saturated heterocycles. The number of sulfonamides is 1. The molecule has 2 aliphatic rings. The van der Waals surface area contributed by atoms with E-state index in [9.17, 15) is 89.1 Å². The smallest absolute Gasteiger partial charge is 0.347 e. The van der Waals surface area contributed by atoms with Gasteiger partial charge in [0.15, 0.2) is 89.2 Å². The molecule has 2 aliphatic heterocycles. The Labute approximate surface area is 514 Å². The minimum absolute atomic E-state index is 0.146. The molecule has 34 nitrogen and oxygen atoms in total. The molecule has 0 aromatic carbocycles. The van der Waals surface area contributed by atoms with Gasteiger partial charge in [-0.2, -0.15) is 0 Å². The summed E-state index contributed by atoms with van der Waals surface area (Å²) >= 11 is 0.459. The Morgan fingerprint density at radius 3 is 0.899 bits per heavy atom. The fourth-order valence-electron chi connectivity index (χ4n) is 6.56. The lowest BCUT2D eigenvalue weighted by atomic mass is 10.0. The van der Waals surface area contributed by atoms with Gasteiger partial charge in [0.25, 0.3) is 15.9 Å². The van der Waals surface area contributed by atoms with Crippen LogP contribution >= 0.6 is 11.8 Å². The van der Waals surface area contributed by atoms with Gasteiger partial charge in [0, 0.05) is 0 Å². The fourth-order valence-corrected chi connectivity index (χ4v) is 11.7. The van der Waals surface area contributed by atoms with Gasteiger partial charge >= 0.3 is 77.6 Å². The number of thioether (sulfide) groups is 1. The van der Waals surface area contributed by atoms with Crippen molar-refractivity contribution in [2.45, 2.75) is 214 Å². The second-order valence-electron chi connectivity index (χ2n) is 19.7.